The molecule has 1 heterocycles. The number of thioether (sulfide) groups is 1. The Morgan fingerprint density at radius 3 is 2.71 bits per heavy atom. The first kappa shape index (κ1) is 15.2. The average molecular weight is 317 g/mol. The summed E-state index contributed by atoms with van der Waals surface area (Å²) in [5.41, 5.74) is -0.444. The fraction of sp³-hybridized carbons (Fsp3) is 0.182. The molecule has 0 saturated carbocycles. The highest BCUT2D eigenvalue weighted by atomic mass is 32.2. The highest BCUT2D eigenvalue weighted by Gasteiger charge is 2.20. The van der Waals surface area contributed by atoms with E-state index in [9.17, 15) is 18.0 Å². The lowest BCUT2D eigenvalue weighted by atomic mass is 10.2. The SMILES string of the molecule is C[C@@H](Sc1nncn1N)C(=O)Nc1ccc(F)c(F)c1F. The van der Waals surface area contributed by atoms with Gasteiger partial charge in [0.1, 0.15) is 6.33 Å². The summed E-state index contributed by atoms with van der Waals surface area (Å²) in [6, 6.07) is 1.66. The Morgan fingerprint density at radius 2 is 2.10 bits per heavy atom. The van der Waals surface area contributed by atoms with E-state index in [2.05, 4.69) is 15.5 Å². The minimum atomic E-state index is -1.64. The number of nitrogen functional groups attached to an aromatic ring is 1. The number of nitrogens with zero attached hydrogens (tertiary/aromatic N) is 3. The van der Waals surface area contributed by atoms with Crippen LogP contribution >= 0.6 is 11.8 Å². The molecule has 0 aliphatic rings. The number of nitrogens with one attached hydrogen (secondary N) is 1. The lowest BCUT2D eigenvalue weighted by Crippen LogP contribution is -2.24. The first-order valence-electron chi connectivity index (χ1n) is 5.66. The van der Waals surface area contributed by atoms with Crippen molar-refractivity contribution in [2.24, 2.45) is 0 Å². The second kappa shape index (κ2) is 6.04. The van der Waals surface area contributed by atoms with Gasteiger partial charge in [0.15, 0.2) is 17.5 Å². The molecule has 10 heteroatoms. The number of rotatable bonds is 4. The smallest absolute Gasteiger partial charge is 0.237 e. The summed E-state index contributed by atoms with van der Waals surface area (Å²) in [6.45, 7) is 1.52. The van der Waals surface area contributed by atoms with E-state index in [1.165, 1.54) is 13.3 Å². The van der Waals surface area contributed by atoms with Gasteiger partial charge in [-0.1, -0.05) is 11.8 Å². The second-order valence-corrected chi connectivity index (χ2v) is 5.30. The summed E-state index contributed by atoms with van der Waals surface area (Å²) in [5, 5.41) is 8.96. The van der Waals surface area contributed by atoms with E-state index in [1.54, 1.807) is 0 Å². The van der Waals surface area contributed by atoms with Crippen LogP contribution in [0.1, 0.15) is 6.92 Å². The van der Waals surface area contributed by atoms with Gasteiger partial charge in [0, 0.05) is 0 Å². The van der Waals surface area contributed by atoms with E-state index in [-0.39, 0.29) is 5.16 Å². The zero-order valence-electron chi connectivity index (χ0n) is 10.7. The zero-order chi connectivity index (χ0) is 15.6. The number of nitrogens with two attached hydrogens (primary N) is 1. The number of benzene rings is 1. The van der Waals surface area contributed by atoms with Gasteiger partial charge in [0.25, 0.3) is 0 Å². The van der Waals surface area contributed by atoms with Crippen molar-refractivity contribution in [2.45, 2.75) is 17.3 Å². The fourth-order valence-electron chi connectivity index (χ4n) is 1.38. The topological polar surface area (TPSA) is 85.8 Å². The molecule has 0 bridgehead atoms. The molecule has 1 amide bonds. The largest absolute Gasteiger partial charge is 0.336 e. The van der Waals surface area contributed by atoms with Gasteiger partial charge < -0.3 is 11.2 Å². The molecule has 1 atom stereocenters. The Labute approximate surface area is 121 Å². The number of hydrogen-bond donors (Lipinski definition) is 2. The number of carbonyl (C=O) groups is 1. The maximum absolute atomic E-state index is 13.4. The second-order valence-electron chi connectivity index (χ2n) is 3.99. The molecule has 6 nitrogen and oxygen atoms in total. The van der Waals surface area contributed by atoms with Crippen LogP contribution in [-0.4, -0.2) is 26.0 Å². The van der Waals surface area contributed by atoms with Crippen molar-refractivity contribution in [1.29, 1.82) is 0 Å². The normalized spacial score (nSPS) is 12.2. The molecular formula is C11H10F3N5OS. The minimum Gasteiger partial charge on any atom is -0.336 e. The van der Waals surface area contributed by atoms with Crippen molar-refractivity contribution in [3.8, 4) is 0 Å². The van der Waals surface area contributed by atoms with Crippen LogP contribution in [0.4, 0.5) is 18.9 Å². The van der Waals surface area contributed by atoms with E-state index in [0.29, 0.717) is 0 Å². The molecule has 0 fully saturated rings. The highest BCUT2D eigenvalue weighted by molar-refractivity contribution is 8.00. The van der Waals surface area contributed by atoms with Crippen LogP contribution in [0, 0.1) is 17.5 Å². The number of anilines is 1. The lowest BCUT2D eigenvalue weighted by molar-refractivity contribution is -0.115. The van der Waals surface area contributed by atoms with Crippen LogP contribution in [0.5, 0.6) is 0 Å². The van der Waals surface area contributed by atoms with Crippen molar-refractivity contribution >= 4 is 23.4 Å². The van der Waals surface area contributed by atoms with Crippen LogP contribution in [0.25, 0.3) is 0 Å². The third-order valence-electron chi connectivity index (χ3n) is 2.48. The average Bonchev–Trinajstić information content (AvgIpc) is 2.85. The molecule has 1 aromatic carbocycles. The molecule has 1 aromatic heterocycles. The quantitative estimate of drug-likeness (QED) is 0.507. The van der Waals surface area contributed by atoms with Gasteiger partial charge in [0.2, 0.25) is 11.1 Å². The van der Waals surface area contributed by atoms with E-state index in [1.807, 2.05) is 0 Å². The molecule has 21 heavy (non-hydrogen) atoms. The fourth-order valence-corrected chi connectivity index (χ4v) is 2.13. The Balaban J connectivity index is 2.08. The predicted octanol–water partition coefficient (Wildman–Crippen LogP) is 1.53. The van der Waals surface area contributed by atoms with Gasteiger partial charge in [-0.25, -0.2) is 17.8 Å². The first-order valence-corrected chi connectivity index (χ1v) is 6.54. The standard InChI is InChI=1S/C11H10F3N5OS/c1-5(21-11-18-16-4-19(11)15)10(20)17-7-3-2-6(12)8(13)9(7)14/h2-5H,15H2,1H3,(H,17,20)/t5-/m1/s1. The van der Waals surface area contributed by atoms with Crippen LogP contribution in [0.15, 0.2) is 23.6 Å². The number of amides is 1. The summed E-state index contributed by atoms with van der Waals surface area (Å²) >= 11 is 0.979. The van der Waals surface area contributed by atoms with E-state index in [4.69, 9.17) is 5.84 Å². The molecular weight excluding hydrogens is 307 g/mol. The van der Waals surface area contributed by atoms with Gasteiger partial charge in [0.05, 0.1) is 10.9 Å². The van der Waals surface area contributed by atoms with E-state index >= 15 is 0 Å². The zero-order valence-corrected chi connectivity index (χ0v) is 11.5. The molecule has 112 valence electrons. The summed E-state index contributed by atoms with van der Waals surface area (Å²) in [7, 11) is 0. The van der Waals surface area contributed by atoms with Crippen LogP contribution in [-0.2, 0) is 4.79 Å². The van der Waals surface area contributed by atoms with Crippen molar-refractivity contribution in [1.82, 2.24) is 14.9 Å². The number of carbonyl (C=O) groups excluding carboxylic acids is 1. The first-order chi connectivity index (χ1) is 9.90. The van der Waals surface area contributed by atoms with Gasteiger partial charge in [-0.15, -0.1) is 10.2 Å². The van der Waals surface area contributed by atoms with Crippen molar-refractivity contribution in [2.75, 3.05) is 11.2 Å². The monoisotopic (exact) mass is 317 g/mol. The molecule has 2 rings (SSSR count). The van der Waals surface area contributed by atoms with Gasteiger partial charge in [-0.05, 0) is 19.1 Å². The molecule has 3 N–H and O–H groups in total. The Morgan fingerprint density at radius 1 is 1.38 bits per heavy atom. The third-order valence-corrected chi connectivity index (χ3v) is 3.56. The maximum atomic E-state index is 13.4. The number of aromatic nitrogens is 3. The Kier molecular flexibility index (Phi) is 4.36. The molecule has 2 aromatic rings. The molecule has 0 spiro atoms. The maximum Gasteiger partial charge on any atom is 0.237 e. The minimum absolute atomic E-state index is 0.281. The highest BCUT2D eigenvalue weighted by Crippen LogP contribution is 2.23. The predicted molar refractivity (Wildman–Crippen MR) is 70.4 cm³/mol. The molecule has 0 aliphatic carbocycles. The Bertz CT molecular complexity index is 678. The molecule has 0 aliphatic heterocycles. The van der Waals surface area contributed by atoms with Gasteiger partial charge in [-0.2, -0.15) is 0 Å². The van der Waals surface area contributed by atoms with E-state index in [0.717, 1.165) is 28.6 Å². The lowest BCUT2D eigenvalue weighted by Gasteiger charge is -2.12. The third kappa shape index (κ3) is 3.27. The Hall–Kier alpha value is -2.23. The van der Waals surface area contributed by atoms with Crippen LogP contribution < -0.4 is 11.2 Å². The van der Waals surface area contributed by atoms with Crippen molar-refractivity contribution in [3.05, 3.63) is 35.9 Å². The molecule has 0 unspecified atom stereocenters. The van der Waals surface area contributed by atoms with Crippen molar-refractivity contribution < 1.29 is 18.0 Å². The summed E-state index contributed by atoms with van der Waals surface area (Å²) in [6.07, 6.45) is 1.25. The molecule has 0 radical (unpaired) electrons. The number of hydrogen-bond acceptors (Lipinski definition) is 5. The van der Waals surface area contributed by atoms with Crippen LogP contribution in [0.3, 0.4) is 0 Å². The summed E-state index contributed by atoms with van der Waals surface area (Å²) in [4.78, 5) is 11.9. The summed E-state index contributed by atoms with van der Waals surface area (Å²) in [5.74, 6) is 0.443. The van der Waals surface area contributed by atoms with Gasteiger partial charge in [-0.3, -0.25) is 4.79 Å². The van der Waals surface area contributed by atoms with E-state index < -0.39 is 34.3 Å². The van der Waals surface area contributed by atoms with Crippen LogP contribution in [0.2, 0.25) is 0 Å². The number of halogens is 3. The van der Waals surface area contributed by atoms with Crippen molar-refractivity contribution in [3.63, 3.8) is 0 Å². The van der Waals surface area contributed by atoms with Gasteiger partial charge >= 0.3 is 0 Å². The summed E-state index contributed by atoms with van der Waals surface area (Å²) < 4.78 is 40.4. The molecule has 0 saturated heterocycles.